The Hall–Kier alpha value is -0.0900. The molecule has 19 heavy (non-hydrogen) atoms. The molecule has 1 fully saturated rings. The minimum Gasteiger partial charge on any atom is -0.369 e. The normalized spacial score (nSPS) is 26.4. The van der Waals surface area contributed by atoms with Gasteiger partial charge in [-0.05, 0) is 67.7 Å². The lowest BCUT2D eigenvalue weighted by atomic mass is 9.79. The van der Waals surface area contributed by atoms with Crippen LogP contribution in [0.2, 0.25) is 5.02 Å². The highest BCUT2D eigenvalue weighted by Gasteiger charge is 2.48. The van der Waals surface area contributed by atoms with Gasteiger partial charge in [-0.1, -0.05) is 17.7 Å². The van der Waals surface area contributed by atoms with Crippen molar-refractivity contribution in [2.45, 2.75) is 51.4 Å². The standard InChI is InChI=1S/C15H21BrClNO/c1-14(2)8-10(15(3,4)19-14)13(18)9-5-6-12(17)11(16)7-9/h5-7,10,13H,8,18H2,1-4H3. The van der Waals surface area contributed by atoms with Crippen LogP contribution < -0.4 is 5.73 Å². The average Bonchev–Trinajstić information content (AvgIpc) is 2.49. The summed E-state index contributed by atoms with van der Waals surface area (Å²) in [6.45, 7) is 8.49. The molecule has 0 aliphatic carbocycles. The van der Waals surface area contributed by atoms with Crippen molar-refractivity contribution in [1.29, 1.82) is 0 Å². The summed E-state index contributed by atoms with van der Waals surface area (Å²) in [4.78, 5) is 0. The van der Waals surface area contributed by atoms with E-state index in [9.17, 15) is 0 Å². The zero-order valence-corrected chi connectivity index (χ0v) is 14.2. The summed E-state index contributed by atoms with van der Waals surface area (Å²) >= 11 is 9.49. The molecule has 2 rings (SSSR count). The van der Waals surface area contributed by atoms with Crippen LogP contribution in [0.4, 0.5) is 0 Å². The van der Waals surface area contributed by atoms with Crippen molar-refractivity contribution in [3.05, 3.63) is 33.3 Å². The SMILES string of the molecule is CC1(C)CC(C(N)c2ccc(Cl)c(Br)c2)C(C)(C)O1. The van der Waals surface area contributed by atoms with Crippen molar-refractivity contribution < 1.29 is 4.74 Å². The maximum atomic E-state index is 6.47. The van der Waals surface area contributed by atoms with Gasteiger partial charge in [-0.15, -0.1) is 0 Å². The highest BCUT2D eigenvalue weighted by molar-refractivity contribution is 9.10. The summed E-state index contributed by atoms with van der Waals surface area (Å²) in [5, 5.41) is 0.707. The molecule has 2 nitrogen and oxygen atoms in total. The number of ether oxygens (including phenoxy) is 1. The third kappa shape index (κ3) is 3.15. The summed E-state index contributed by atoms with van der Waals surface area (Å²) in [5.74, 6) is 0.288. The van der Waals surface area contributed by atoms with Crippen molar-refractivity contribution in [3.63, 3.8) is 0 Å². The molecule has 0 saturated carbocycles. The molecule has 0 spiro atoms. The first-order chi connectivity index (χ1) is 8.62. The molecule has 1 aromatic rings. The van der Waals surface area contributed by atoms with E-state index in [-0.39, 0.29) is 23.2 Å². The molecule has 0 aromatic heterocycles. The number of halogens is 2. The quantitative estimate of drug-likeness (QED) is 0.842. The van der Waals surface area contributed by atoms with Crippen LogP contribution in [-0.4, -0.2) is 11.2 Å². The maximum Gasteiger partial charge on any atom is 0.0680 e. The van der Waals surface area contributed by atoms with Gasteiger partial charge in [0.05, 0.1) is 16.2 Å². The molecule has 106 valence electrons. The van der Waals surface area contributed by atoms with Crippen molar-refractivity contribution in [1.82, 2.24) is 0 Å². The Balaban J connectivity index is 2.28. The predicted octanol–water partition coefficient (Wildman–Crippen LogP) is 4.70. The third-order valence-corrected chi connectivity index (χ3v) is 5.12. The molecular weight excluding hydrogens is 326 g/mol. The molecule has 0 amide bonds. The van der Waals surface area contributed by atoms with E-state index in [2.05, 4.69) is 43.6 Å². The Bertz CT molecular complexity index is 487. The van der Waals surface area contributed by atoms with E-state index in [0.29, 0.717) is 5.02 Å². The van der Waals surface area contributed by atoms with Gasteiger partial charge < -0.3 is 10.5 Å². The number of hydrogen-bond acceptors (Lipinski definition) is 2. The lowest BCUT2D eigenvalue weighted by Crippen LogP contribution is -2.35. The van der Waals surface area contributed by atoms with Gasteiger partial charge in [0.1, 0.15) is 0 Å². The second-order valence-corrected chi connectivity index (χ2v) is 7.74. The minimum atomic E-state index is -0.213. The van der Waals surface area contributed by atoms with Crippen LogP contribution in [0.1, 0.15) is 45.7 Å². The van der Waals surface area contributed by atoms with Crippen LogP contribution in [0.25, 0.3) is 0 Å². The van der Waals surface area contributed by atoms with Gasteiger partial charge in [0.2, 0.25) is 0 Å². The van der Waals surface area contributed by atoms with Crippen molar-refractivity contribution in [2.75, 3.05) is 0 Å². The molecule has 2 atom stereocenters. The molecule has 1 aliphatic rings. The van der Waals surface area contributed by atoms with Gasteiger partial charge >= 0.3 is 0 Å². The number of benzene rings is 1. The summed E-state index contributed by atoms with van der Waals surface area (Å²) in [6, 6.07) is 5.84. The third-order valence-electron chi connectivity index (χ3n) is 3.91. The average molecular weight is 347 g/mol. The van der Waals surface area contributed by atoms with E-state index in [1.807, 2.05) is 18.2 Å². The van der Waals surface area contributed by atoms with Crippen LogP contribution >= 0.6 is 27.5 Å². The lowest BCUT2D eigenvalue weighted by Gasteiger charge is -2.31. The predicted molar refractivity (Wildman–Crippen MR) is 83.4 cm³/mol. The second-order valence-electron chi connectivity index (χ2n) is 6.48. The molecule has 1 saturated heterocycles. The zero-order valence-electron chi connectivity index (χ0n) is 11.8. The van der Waals surface area contributed by atoms with E-state index in [0.717, 1.165) is 16.5 Å². The largest absolute Gasteiger partial charge is 0.369 e. The minimum absolute atomic E-state index is 0.0506. The van der Waals surface area contributed by atoms with E-state index < -0.39 is 0 Å². The van der Waals surface area contributed by atoms with E-state index in [1.165, 1.54) is 0 Å². The van der Waals surface area contributed by atoms with Crippen LogP contribution in [0.15, 0.2) is 22.7 Å². The molecule has 1 heterocycles. The summed E-state index contributed by atoms with van der Waals surface area (Å²) in [7, 11) is 0. The molecule has 0 bridgehead atoms. The fraction of sp³-hybridized carbons (Fsp3) is 0.600. The van der Waals surface area contributed by atoms with Gasteiger partial charge in [-0.2, -0.15) is 0 Å². The Labute approximate surface area is 128 Å². The van der Waals surface area contributed by atoms with Gasteiger partial charge in [-0.25, -0.2) is 0 Å². The van der Waals surface area contributed by atoms with Crippen LogP contribution in [-0.2, 0) is 4.74 Å². The number of nitrogens with two attached hydrogens (primary N) is 1. The monoisotopic (exact) mass is 345 g/mol. The molecule has 1 aliphatic heterocycles. The number of rotatable bonds is 2. The molecule has 0 radical (unpaired) electrons. The Morgan fingerprint density at radius 1 is 1.37 bits per heavy atom. The first-order valence-corrected chi connectivity index (χ1v) is 7.70. The van der Waals surface area contributed by atoms with E-state index in [4.69, 9.17) is 22.1 Å². The molecule has 2 unspecified atom stereocenters. The van der Waals surface area contributed by atoms with Crippen molar-refractivity contribution >= 4 is 27.5 Å². The summed E-state index contributed by atoms with van der Waals surface area (Å²) < 4.78 is 7.01. The number of hydrogen-bond donors (Lipinski definition) is 1. The van der Waals surface area contributed by atoms with Crippen LogP contribution in [0.5, 0.6) is 0 Å². The fourth-order valence-corrected chi connectivity index (χ4v) is 3.63. The summed E-state index contributed by atoms with van der Waals surface area (Å²) in [5.41, 5.74) is 7.24. The lowest BCUT2D eigenvalue weighted by molar-refractivity contribution is -0.0767. The Morgan fingerprint density at radius 3 is 2.47 bits per heavy atom. The van der Waals surface area contributed by atoms with Crippen molar-refractivity contribution in [3.8, 4) is 0 Å². The van der Waals surface area contributed by atoms with Gasteiger partial charge in [-0.3, -0.25) is 0 Å². The molecule has 4 heteroatoms. The van der Waals surface area contributed by atoms with Gasteiger partial charge in [0, 0.05) is 16.4 Å². The molecule has 1 aromatic carbocycles. The van der Waals surface area contributed by atoms with Crippen LogP contribution in [0, 0.1) is 5.92 Å². The topological polar surface area (TPSA) is 35.2 Å². The van der Waals surface area contributed by atoms with Crippen LogP contribution in [0.3, 0.4) is 0 Å². The molecule has 2 N–H and O–H groups in total. The smallest absolute Gasteiger partial charge is 0.0680 e. The maximum absolute atomic E-state index is 6.47. The summed E-state index contributed by atoms with van der Waals surface area (Å²) in [6.07, 6.45) is 0.960. The highest BCUT2D eigenvalue weighted by atomic mass is 79.9. The first kappa shape index (κ1) is 15.3. The molecular formula is C15H21BrClNO. The fourth-order valence-electron chi connectivity index (χ4n) is 3.12. The van der Waals surface area contributed by atoms with Gasteiger partial charge in [0.15, 0.2) is 0 Å². The zero-order chi connectivity index (χ0) is 14.4. The highest BCUT2D eigenvalue weighted by Crippen LogP contribution is 2.47. The Morgan fingerprint density at radius 2 is 2.00 bits per heavy atom. The first-order valence-electron chi connectivity index (χ1n) is 6.53. The Kier molecular flexibility index (Phi) is 4.05. The van der Waals surface area contributed by atoms with Crippen molar-refractivity contribution in [2.24, 2.45) is 11.7 Å². The van der Waals surface area contributed by atoms with E-state index >= 15 is 0 Å². The van der Waals surface area contributed by atoms with Gasteiger partial charge in [0.25, 0.3) is 0 Å². The van der Waals surface area contributed by atoms with E-state index in [1.54, 1.807) is 0 Å². The second kappa shape index (κ2) is 5.03.